The molecule has 0 saturated carbocycles. The number of hydrogen-bond donors (Lipinski definition) is 1. The number of hydrogen-bond acceptors (Lipinski definition) is 2. The van der Waals surface area contributed by atoms with Gasteiger partial charge < -0.3 is 9.84 Å². The van der Waals surface area contributed by atoms with Gasteiger partial charge in [-0.2, -0.15) is 0 Å². The van der Waals surface area contributed by atoms with Crippen molar-refractivity contribution in [3.63, 3.8) is 0 Å². The Morgan fingerprint density at radius 3 is 2.43 bits per heavy atom. The van der Waals surface area contributed by atoms with Gasteiger partial charge in [-0.3, -0.25) is 0 Å². The van der Waals surface area contributed by atoms with Gasteiger partial charge in [0, 0.05) is 5.56 Å². The van der Waals surface area contributed by atoms with Crippen LogP contribution in [0.25, 0.3) is 0 Å². The van der Waals surface area contributed by atoms with Crippen LogP contribution in [-0.4, -0.2) is 11.2 Å². The highest BCUT2D eigenvalue weighted by Gasteiger charge is 2.29. The SMILES string of the molecule is Cc1ccc(C(C)(O)c2ccccc2OC(C)C)cc1F. The first kappa shape index (κ1) is 15.5. The zero-order valence-corrected chi connectivity index (χ0v) is 12.9. The van der Waals surface area contributed by atoms with Gasteiger partial charge in [0.15, 0.2) is 0 Å². The van der Waals surface area contributed by atoms with Crippen LogP contribution in [0.5, 0.6) is 5.75 Å². The standard InChI is InChI=1S/C18H21FO2/c1-12(2)21-17-8-6-5-7-15(17)18(4,20)14-10-9-13(3)16(19)11-14/h5-12,20H,1-4H3. The Bertz CT molecular complexity index is 633. The van der Waals surface area contributed by atoms with Gasteiger partial charge in [-0.15, -0.1) is 0 Å². The maximum absolute atomic E-state index is 13.8. The summed E-state index contributed by atoms with van der Waals surface area (Å²) in [6, 6.07) is 12.1. The minimum Gasteiger partial charge on any atom is -0.491 e. The molecule has 0 amide bonds. The van der Waals surface area contributed by atoms with Gasteiger partial charge in [0.1, 0.15) is 17.2 Å². The first-order chi connectivity index (χ1) is 9.82. The zero-order chi connectivity index (χ0) is 15.6. The van der Waals surface area contributed by atoms with Crippen molar-refractivity contribution in [2.24, 2.45) is 0 Å². The largest absolute Gasteiger partial charge is 0.491 e. The molecule has 3 heteroatoms. The molecule has 2 rings (SSSR count). The highest BCUT2D eigenvalue weighted by molar-refractivity contribution is 5.44. The van der Waals surface area contributed by atoms with E-state index in [0.717, 1.165) is 0 Å². The number of benzene rings is 2. The van der Waals surface area contributed by atoms with E-state index >= 15 is 0 Å². The van der Waals surface area contributed by atoms with Crippen molar-refractivity contribution in [1.29, 1.82) is 0 Å². The predicted molar refractivity (Wildman–Crippen MR) is 82.0 cm³/mol. The fourth-order valence-electron chi connectivity index (χ4n) is 2.28. The summed E-state index contributed by atoms with van der Waals surface area (Å²) in [5, 5.41) is 10.9. The van der Waals surface area contributed by atoms with Crippen LogP contribution in [-0.2, 0) is 5.60 Å². The fourth-order valence-corrected chi connectivity index (χ4v) is 2.28. The highest BCUT2D eigenvalue weighted by atomic mass is 19.1. The van der Waals surface area contributed by atoms with Crippen molar-refractivity contribution in [1.82, 2.24) is 0 Å². The van der Waals surface area contributed by atoms with Crippen molar-refractivity contribution >= 4 is 0 Å². The molecule has 0 radical (unpaired) electrons. The molecule has 0 aliphatic rings. The van der Waals surface area contributed by atoms with Crippen molar-refractivity contribution in [3.8, 4) is 5.75 Å². The molecule has 112 valence electrons. The molecule has 0 bridgehead atoms. The Morgan fingerprint density at radius 2 is 1.81 bits per heavy atom. The lowest BCUT2D eigenvalue weighted by Crippen LogP contribution is -2.24. The van der Waals surface area contributed by atoms with E-state index in [1.165, 1.54) is 6.07 Å². The van der Waals surface area contributed by atoms with E-state index in [-0.39, 0.29) is 11.9 Å². The minimum atomic E-state index is -1.32. The molecule has 0 aromatic heterocycles. The van der Waals surface area contributed by atoms with Gasteiger partial charge in [0.25, 0.3) is 0 Å². The lowest BCUT2D eigenvalue weighted by atomic mass is 9.87. The van der Waals surface area contributed by atoms with Crippen molar-refractivity contribution in [2.75, 3.05) is 0 Å². The second-order valence-electron chi connectivity index (χ2n) is 5.70. The summed E-state index contributed by atoms with van der Waals surface area (Å²) in [5.41, 5.74) is 0.369. The summed E-state index contributed by atoms with van der Waals surface area (Å²) in [4.78, 5) is 0. The lowest BCUT2D eigenvalue weighted by molar-refractivity contribution is 0.0954. The molecule has 2 aromatic rings. The molecule has 2 nitrogen and oxygen atoms in total. The number of aryl methyl sites for hydroxylation is 1. The van der Waals surface area contributed by atoms with E-state index < -0.39 is 5.60 Å². The molecular weight excluding hydrogens is 267 g/mol. The highest BCUT2D eigenvalue weighted by Crippen LogP contribution is 2.36. The maximum atomic E-state index is 13.8. The van der Waals surface area contributed by atoms with Gasteiger partial charge in [-0.1, -0.05) is 30.3 Å². The third-order valence-corrected chi connectivity index (χ3v) is 3.51. The molecule has 2 aromatic carbocycles. The molecule has 1 unspecified atom stereocenters. The Hall–Kier alpha value is -1.87. The van der Waals surface area contributed by atoms with Crippen LogP contribution in [0.3, 0.4) is 0 Å². The number of rotatable bonds is 4. The Morgan fingerprint density at radius 1 is 1.14 bits per heavy atom. The lowest BCUT2D eigenvalue weighted by Gasteiger charge is -2.27. The van der Waals surface area contributed by atoms with Gasteiger partial charge >= 0.3 is 0 Å². The minimum absolute atomic E-state index is 0.00305. The van der Waals surface area contributed by atoms with Crippen LogP contribution in [0.2, 0.25) is 0 Å². The molecule has 0 heterocycles. The van der Waals surface area contributed by atoms with Crippen LogP contribution >= 0.6 is 0 Å². The molecule has 1 atom stereocenters. The number of aliphatic hydroxyl groups is 1. The number of halogens is 1. The van der Waals surface area contributed by atoms with Crippen LogP contribution < -0.4 is 4.74 Å². The van der Waals surface area contributed by atoms with Gasteiger partial charge in [0.05, 0.1) is 6.10 Å². The van der Waals surface area contributed by atoms with E-state index in [9.17, 15) is 9.50 Å². The second kappa shape index (κ2) is 5.86. The van der Waals surface area contributed by atoms with Crippen LogP contribution in [0.15, 0.2) is 42.5 Å². The summed E-state index contributed by atoms with van der Waals surface area (Å²) < 4.78 is 19.5. The van der Waals surface area contributed by atoms with E-state index in [0.29, 0.717) is 22.4 Å². The quantitative estimate of drug-likeness (QED) is 0.914. The molecular formula is C18H21FO2. The van der Waals surface area contributed by atoms with Crippen molar-refractivity contribution in [3.05, 3.63) is 65.0 Å². The molecule has 21 heavy (non-hydrogen) atoms. The maximum Gasteiger partial charge on any atom is 0.126 e. The molecule has 0 fully saturated rings. The normalized spacial score (nSPS) is 14.0. The van der Waals surface area contributed by atoms with E-state index in [1.807, 2.05) is 32.0 Å². The second-order valence-corrected chi connectivity index (χ2v) is 5.70. The third-order valence-electron chi connectivity index (χ3n) is 3.51. The van der Waals surface area contributed by atoms with Gasteiger partial charge in [-0.05, 0) is 51.0 Å². The summed E-state index contributed by atoms with van der Waals surface area (Å²) in [6.45, 7) is 7.21. The topological polar surface area (TPSA) is 29.5 Å². The van der Waals surface area contributed by atoms with Crippen LogP contribution in [0.1, 0.15) is 37.5 Å². The van der Waals surface area contributed by atoms with E-state index in [1.54, 1.807) is 32.0 Å². The molecule has 0 aliphatic carbocycles. The van der Waals surface area contributed by atoms with Gasteiger partial charge in [0.2, 0.25) is 0 Å². The number of para-hydroxylation sites is 1. The Balaban J connectivity index is 2.50. The van der Waals surface area contributed by atoms with Crippen LogP contribution in [0.4, 0.5) is 4.39 Å². The fraction of sp³-hybridized carbons (Fsp3) is 0.333. The van der Waals surface area contributed by atoms with E-state index in [2.05, 4.69) is 0 Å². The smallest absolute Gasteiger partial charge is 0.126 e. The number of ether oxygens (including phenoxy) is 1. The molecule has 0 aliphatic heterocycles. The Kier molecular flexibility index (Phi) is 4.33. The van der Waals surface area contributed by atoms with Gasteiger partial charge in [-0.25, -0.2) is 4.39 Å². The third kappa shape index (κ3) is 3.24. The van der Waals surface area contributed by atoms with E-state index in [4.69, 9.17) is 4.74 Å². The Labute approximate surface area is 125 Å². The molecule has 1 N–H and O–H groups in total. The average molecular weight is 288 g/mol. The monoisotopic (exact) mass is 288 g/mol. The molecule has 0 saturated heterocycles. The molecule has 0 spiro atoms. The summed E-state index contributed by atoms with van der Waals surface area (Å²) in [5.74, 6) is 0.286. The zero-order valence-electron chi connectivity index (χ0n) is 12.9. The first-order valence-electron chi connectivity index (χ1n) is 7.07. The first-order valence-corrected chi connectivity index (χ1v) is 7.07. The predicted octanol–water partition coefficient (Wildman–Crippen LogP) is 4.18. The van der Waals surface area contributed by atoms with Crippen molar-refractivity contribution < 1.29 is 14.2 Å². The summed E-state index contributed by atoms with van der Waals surface area (Å²) in [6.07, 6.45) is -0.00305. The van der Waals surface area contributed by atoms with Crippen LogP contribution in [0, 0.1) is 12.7 Å². The summed E-state index contributed by atoms with van der Waals surface area (Å²) in [7, 11) is 0. The van der Waals surface area contributed by atoms with Crippen molar-refractivity contribution in [2.45, 2.75) is 39.4 Å². The summed E-state index contributed by atoms with van der Waals surface area (Å²) >= 11 is 0. The average Bonchev–Trinajstić information content (AvgIpc) is 2.41.